The summed E-state index contributed by atoms with van der Waals surface area (Å²) in [6.07, 6.45) is -1.16. The first-order valence-electron chi connectivity index (χ1n) is 16.3. The lowest BCUT2D eigenvalue weighted by Gasteiger charge is -2.52. The predicted molar refractivity (Wildman–Crippen MR) is 198 cm³/mol. The van der Waals surface area contributed by atoms with Crippen LogP contribution in [0.25, 0.3) is 0 Å². The average molecular weight is 752 g/mol. The summed E-state index contributed by atoms with van der Waals surface area (Å²) < 4.78 is 19.5. The molecule has 1 aliphatic rings. The molecule has 1 aromatic heterocycles. The van der Waals surface area contributed by atoms with Crippen molar-refractivity contribution in [2.45, 2.75) is 80.8 Å². The number of ether oxygens (including phenoxy) is 3. The number of hydrogen-bond acceptors (Lipinski definition) is 7. The predicted octanol–water partition coefficient (Wildman–Crippen LogP) is 5.87. The minimum absolute atomic E-state index is 0.00897. The van der Waals surface area contributed by atoms with Gasteiger partial charge in [0.1, 0.15) is 23.7 Å². The molecule has 4 atom stereocenters. The molecule has 1 aliphatic heterocycles. The van der Waals surface area contributed by atoms with E-state index >= 15 is 0 Å². The molecular weight excluding hydrogens is 704 g/mol. The largest absolute Gasteiger partial charge is 0.497 e. The number of rotatable bonds is 10. The lowest BCUT2D eigenvalue weighted by Crippen LogP contribution is -2.68. The number of aryl methyl sites for hydroxylation is 1. The highest BCUT2D eigenvalue weighted by Gasteiger charge is 2.69. The molecule has 49 heavy (non-hydrogen) atoms. The van der Waals surface area contributed by atoms with Crippen LogP contribution in [0, 0.1) is 6.92 Å². The number of methoxy groups -OCH3 is 2. The van der Waals surface area contributed by atoms with Crippen LogP contribution in [-0.2, 0) is 15.9 Å². The van der Waals surface area contributed by atoms with Crippen molar-refractivity contribution in [1.29, 1.82) is 0 Å². The van der Waals surface area contributed by atoms with Crippen LogP contribution >= 0.6 is 15.9 Å². The Kier molecular flexibility index (Phi) is 10.0. The first kappa shape index (κ1) is 36.8. The number of H-pyrrole nitrogens is 1. The third-order valence-corrected chi connectivity index (χ3v) is 18.4. The molecule has 9 nitrogen and oxygen atoms in total. The highest BCUT2D eigenvalue weighted by Crippen LogP contribution is 2.57. The van der Waals surface area contributed by atoms with Crippen molar-refractivity contribution in [1.82, 2.24) is 9.55 Å². The zero-order valence-corrected chi connectivity index (χ0v) is 32.0. The van der Waals surface area contributed by atoms with Gasteiger partial charge in [-0.3, -0.25) is 14.3 Å². The van der Waals surface area contributed by atoms with E-state index in [0.29, 0.717) is 17.1 Å². The number of aromatic amines is 1. The molecule has 262 valence electrons. The van der Waals surface area contributed by atoms with Gasteiger partial charge in [0.15, 0.2) is 5.72 Å². The number of aliphatic hydroxyl groups excluding tert-OH is 1. The molecule has 11 heteroatoms. The van der Waals surface area contributed by atoms with Crippen LogP contribution < -0.4 is 20.7 Å². The third-order valence-electron chi connectivity index (χ3n) is 11.1. The summed E-state index contributed by atoms with van der Waals surface area (Å²) in [5.74, 6) is 1.30. The highest BCUT2D eigenvalue weighted by atomic mass is 79.9. The fraction of sp³-hybridized carbons (Fsp3) is 0.421. The monoisotopic (exact) mass is 750 g/mol. The molecule has 4 aromatic rings. The lowest BCUT2D eigenvalue weighted by molar-refractivity contribution is -0.145. The molecule has 3 aromatic carbocycles. The van der Waals surface area contributed by atoms with Crippen molar-refractivity contribution in [3.05, 3.63) is 128 Å². The number of aliphatic hydroxyl groups is 2. The van der Waals surface area contributed by atoms with Crippen LogP contribution in [-0.4, -0.2) is 64.8 Å². The molecule has 1 fully saturated rings. The van der Waals surface area contributed by atoms with Crippen LogP contribution in [0.15, 0.2) is 94.6 Å². The number of halogens is 1. The Balaban J connectivity index is 1.88. The molecule has 0 aliphatic carbocycles. The summed E-state index contributed by atoms with van der Waals surface area (Å²) in [6, 6.07) is 24.8. The summed E-state index contributed by atoms with van der Waals surface area (Å²) in [7, 11) is 0.312. The topological polar surface area (TPSA) is 123 Å². The second kappa shape index (κ2) is 13.3. The molecular formula is C38H47BrN2O7Si. The van der Waals surface area contributed by atoms with E-state index in [1.165, 1.54) is 10.8 Å². The molecule has 0 bridgehead atoms. The van der Waals surface area contributed by atoms with Crippen LogP contribution in [0.5, 0.6) is 11.5 Å². The minimum Gasteiger partial charge on any atom is -0.497 e. The van der Waals surface area contributed by atoms with E-state index in [0.717, 1.165) is 16.7 Å². The highest BCUT2D eigenvalue weighted by molar-refractivity contribution is 9.09. The zero-order chi connectivity index (χ0) is 36.0. The number of benzene rings is 3. The van der Waals surface area contributed by atoms with Crippen molar-refractivity contribution in [2.24, 2.45) is 0 Å². The van der Waals surface area contributed by atoms with Gasteiger partial charge in [0, 0.05) is 18.2 Å². The molecule has 0 spiro atoms. The normalized spacial score (nSPS) is 22.1. The Bertz CT molecular complexity index is 1840. The number of hydrogen-bond donors (Lipinski definition) is 3. The Hall–Kier alpha value is -3.48. The number of nitrogens with one attached hydrogen (secondary N) is 1. The molecule has 0 radical (unpaired) electrons. The number of aromatic nitrogens is 2. The second-order valence-electron chi connectivity index (χ2n) is 14.6. The summed E-state index contributed by atoms with van der Waals surface area (Å²) in [4.78, 5) is 28.4. The minimum atomic E-state index is -2.89. The summed E-state index contributed by atoms with van der Waals surface area (Å²) in [5.41, 5.74) is -1.34. The lowest BCUT2D eigenvalue weighted by atomic mass is 9.64. The third kappa shape index (κ3) is 5.93. The maximum atomic E-state index is 13.5. The van der Waals surface area contributed by atoms with Gasteiger partial charge in [-0.05, 0) is 52.9 Å². The fourth-order valence-corrected chi connectivity index (χ4v) is 10.8. The van der Waals surface area contributed by atoms with Gasteiger partial charge in [0.05, 0.1) is 38.3 Å². The molecule has 2 heterocycles. The van der Waals surface area contributed by atoms with Crippen LogP contribution in [0.3, 0.4) is 0 Å². The first-order valence-corrected chi connectivity index (χ1v) is 20.5. The standard InChI is InChI=1S/C38H47BrN2O7Si/c1-25-22-41(34(44)40-33(25)43)36(24-39)23-37(45,49(7,8)35(2,3)4)32(48-36)31(42)38(26-12-10-9-11-13-26,27-14-18-29(46-5)19-15-27)28-16-20-30(47-6)21-17-28/h9-22,31-32,42,45H,23-24H2,1-8H3,(H,40,43,44)/t31?,32-,36+,37-/m1/s1. The van der Waals surface area contributed by atoms with Crippen molar-refractivity contribution >= 4 is 24.0 Å². The van der Waals surface area contributed by atoms with Gasteiger partial charge in [-0.25, -0.2) is 4.79 Å². The van der Waals surface area contributed by atoms with E-state index in [-0.39, 0.29) is 16.8 Å². The Morgan fingerprint density at radius 3 is 1.88 bits per heavy atom. The van der Waals surface area contributed by atoms with E-state index in [4.69, 9.17) is 14.2 Å². The van der Waals surface area contributed by atoms with E-state index in [1.54, 1.807) is 21.1 Å². The van der Waals surface area contributed by atoms with Gasteiger partial charge < -0.3 is 24.4 Å². The van der Waals surface area contributed by atoms with Gasteiger partial charge in [-0.2, -0.15) is 0 Å². The summed E-state index contributed by atoms with van der Waals surface area (Å²) in [5, 5.41) is 25.0. The maximum Gasteiger partial charge on any atom is 0.330 e. The van der Waals surface area contributed by atoms with Crippen LogP contribution in [0.4, 0.5) is 0 Å². The molecule has 0 saturated carbocycles. The van der Waals surface area contributed by atoms with Gasteiger partial charge >= 0.3 is 5.69 Å². The van der Waals surface area contributed by atoms with Crippen LogP contribution in [0.2, 0.25) is 18.1 Å². The van der Waals surface area contributed by atoms with Crippen molar-refractivity contribution in [3.63, 3.8) is 0 Å². The Morgan fingerprint density at radius 1 is 0.939 bits per heavy atom. The Labute approximate surface area is 297 Å². The maximum absolute atomic E-state index is 13.5. The molecule has 1 unspecified atom stereocenters. The van der Waals surface area contributed by atoms with Crippen LogP contribution in [0.1, 0.15) is 49.4 Å². The second-order valence-corrected chi connectivity index (χ2v) is 20.8. The first-order chi connectivity index (χ1) is 23.0. The van der Waals surface area contributed by atoms with Crippen molar-refractivity contribution < 1.29 is 24.4 Å². The van der Waals surface area contributed by atoms with Crippen molar-refractivity contribution in [2.75, 3.05) is 19.5 Å². The van der Waals surface area contributed by atoms with E-state index in [9.17, 15) is 19.8 Å². The number of alkyl halides is 1. The summed E-state index contributed by atoms with van der Waals surface area (Å²) in [6.45, 7) is 12.1. The van der Waals surface area contributed by atoms with Gasteiger partial charge in [-0.1, -0.05) is 104 Å². The molecule has 5 rings (SSSR count). The number of nitrogens with zero attached hydrogens (tertiary/aromatic N) is 1. The van der Waals surface area contributed by atoms with E-state index < -0.39 is 47.9 Å². The van der Waals surface area contributed by atoms with Gasteiger partial charge in [-0.15, -0.1) is 0 Å². The van der Waals surface area contributed by atoms with Gasteiger partial charge in [0.25, 0.3) is 5.56 Å². The quantitative estimate of drug-likeness (QED) is 0.105. The smallest absolute Gasteiger partial charge is 0.330 e. The zero-order valence-electron chi connectivity index (χ0n) is 29.4. The fourth-order valence-electron chi connectivity index (χ4n) is 7.25. The van der Waals surface area contributed by atoms with Crippen molar-refractivity contribution in [3.8, 4) is 11.5 Å². The molecule has 1 saturated heterocycles. The van der Waals surface area contributed by atoms with Gasteiger partial charge in [0.2, 0.25) is 0 Å². The Morgan fingerprint density at radius 2 is 1.43 bits per heavy atom. The summed E-state index contributed by atoms with van der Waals surface area (Å²) >= 11 is 3.63. The van der Waals surface area contributed by atoms with E-state index in [1.807, 2.05) is 78.9 Å². The SMILES string of the molecule is COc1ccc(C(c2ccccc2)(c2ccc(OC)cc2)C(O)[C@H]2O[C@@](CBr)(n3cc(C)c(=O)[nH]c3=O)C[C@@]2(O)[Si](C)(C)C(C)(C)C)cc1. The average Bonchev–Trinajstić information content (AvgIpc) is 3.42. The molecule has 0 amide bonds. The molecule has 3 N–H and O–H groups in total. The van der Waals surface area contributed by atoms with E-state index in [2.05, 4.69) is 54.8 Å².